The summed E-state index contributed by atoms with van der Waals surface area (Å²) in [5.74, 6) is 1.52. The highest BCUT2D eigenvalue weighted by Crippen LogP contribution is 2.23. The fourth-order valence-electron chi connectivity index (χ4n) is 2.15. The van der Waals surface area contributed by atoms with Crippen molar-refractivity contribution in [1.29, 1.82) is 0 Å². The standard InChI is InChI=1S/C17H21NO3/c1-18-17(12-19,14-6-4-3-5-7-14)13-21-16-10-8-15(20-2)9-11-16/h3-11,18-19H,12-13H2,1-2H3. The second-order valence-electron chi connectivity index (χ2n) is 4.82. The van der Waals surface area contributed by atoms with E-state index >= 15 is 0 Å². The highest BCUT2D eigenvalue weighted by molar-refractivity contribution is 5.32. The summed E-state index contributed by atoms with van der Waals surface area (Å²) in [5, 5.41) is 13.0. The van der Waals surface area contributed by atoms with E-state index < -0.39 is 5.54 Å². The smallest absolute Gasteiger partial charge is 0.119 e. The van der Waals surface area contributed by atoms with Gasteiger partial charge in [0.15, 0.2) is 0 Å². The molecule has 4 heteroatoms. The molecule has 0 radical (unpaired) electrons. The maximum Gasteiger partial charge on any atom is 0.119 e. The van der Waals surface area contributed by atoms with Crippen LogP contribution >= 0.6 is 0 Å². The monoisotopic (exact) mass is 287 g/mol. The molecule has 112 valence electrons. The molecule has 2 aromatic rings. The van der Waals surface area contributed by atoms with E-state index in [0.29, 0.717) is 6.61 Å². The molecule has 1 atom stereocenters. The van der Waals surface area contributed by atoms with Crippen LogP contribution in [0.3, 0.4) is 0 Å². The van der Waals surface area contributed by atoms with Crippen LogP contribution in [0.2, 0.25) is 0 Å². The van der Waals surface area contributed by atoms with E-state index in [1.807, 2.05) is 61.6 Å². The summed E-state index contributed by atoms with van der Waals surface area (Å²) in [7, 11) is 3.45. The van der Waals surface area contributed by atoms with Gasteiger partial charge in [-0.15, -0.1) is 0 Å². The minimum absolute atomic E-state index is 0.0519. The summed E-state index contributed by atoms with van der Waals surface area (Å²) < 4.78 is 10.9. The van der Waals surface area contributed by atoms with Crippen LogP contribution in [-0.2, 0) is 5.54 Å². The lowest BCUT2D eigenvalue weighted by atomic mass is 9.92. The Bertz CT molecular complexity index is 536. The van der Waals surface area contributed by atoms with Gasteiger partial charge in [-0.25, -0.2) is 0 Å². The number of nitrogens with one attached hydrogen (secondary N) is 1. The Morgan fingerprint density at radius 1 is 1.00 bits per heavy atom. The van der Waals surface area contributed by atoms with Gasteiger partial charge < -0.3 is 19.9 Å². The Hall–Kier alpha value is -2.04. The van der Waals surface area contributed by atoms with E-state index in [0.717, 1.165) is 17.1 Å². The molecule has 0 fully saturated rings. The largest absolute Gasteiger partial charge is 0.497 e. The van der Waals surface area contributed by atoms with Crippen LogP contribution < -0.4 is 14.8 Å². The molecule has 0 spiro atoms. The van der Waals surface area contributed by atoms with Gasteiger partial charge in [-0.05, 0) is 36.9 Å². The van der Waals surface area contributed by atoms with Crippen molar-refractivity contribution in [1.82, 2.24) is 5.32 Å². The van der Waals surface area contributed by atoms with Gasteiger partial charge in [-0.1, -0.05) is 30.3 Å². The average molecular weight is 287 g/mol. The quantitative estimate of drug-likeness (QED) is 0.819. The van der Waals surface area contributed by atoms with Crippen LogP contribution in [0, 0.1) is 0 Å². The zero-order valence-electron chi connectivity index (χ0n) is 12.4. The van der Waals surface area contributed by atoms with E-state index in [-0.39, 0.29) is 6.61 Å². The summed E-state index contributed by atoms with van der Waals surface area (Å²) in [6.45, 7) is 0.278. The first-order chi connectivity index (χ1) is 10.2. The van der Waals surface area contributed by atoms with Gasteiger partial charge in [0.05, 0.1) is 13.7 Å². The van der Waals surface area contributed by atoms with E-state index in [4.69, 9.17) is 9.47 Å². The van der Waals surface area contributed by atoms with Gasteiger partial charge in [0.25, 0.3) is 0 Å². The van der Waals surface area contributed by atoms with E-state index in [1.165, 1.54) is 0 Å². The molecule has 0 saturated heterocycles. The zero-order valence-corrected chi connectivity index (χ0v) is 12.4. The minimum atomic E-state index is -0.624. The highest BCUT2D eigenvalue weighted by Gasteiger charge is 2.30. The summed E-state index contributed by atoms with van der Waals surface area (Å²) in [5.41, 5.74) is 0.366. The Kier molecular flexibility index (Phi) is 5.20. The van der Waals surface area contributed by atoms with Crippen molar-refractivity contribution < 1.29 is 14.6 Å². The lowest BCUT2D eigenvalue weighted by molar-refractivity contribution is 0.108. The molecule has 2 N–H and O–H groups in total. The van der Waals surface area contributed by atoms with E-state index in [1.54, 1.807) is 7.11 Å². The number of benzene rings is 2. The second kappa shape index (κ2) is 7.11. The maximum atomic E-state index is 9.83. The minimum Gasteiger partial charge on any atom is -0.497 e. The molecule has 0 bridgehead atoms. The molecule has 0 aliphatic rings. The van der Waals surface area contributed by atoms with Crippen LogP contribution in [-0.4, -0.2) is 32.5 Å². The molecule has 2 rings (SSSR count). The summed E-state index contributed by atoms with van der Waals surface area (Å²) in [6, 6.07) is 17.2. The zero-order chi connectivity index (χ0) is 15.1. The molecule has 0 saturated carbocycles. The number of hydrogen-bond acceptors (Lipinski definition) is 4. The maximum absolute atomic E-state index is 9.83. The Morgan fingerprint density at radius 3 is 2.14 bits per heavy atom. The summed E-state index contributed by atoms with van der Waals surface area (Å²) in [4.78, 5) is 0. The predicted octanol–water partition coefficient (Wildman–Crippen LogP) is 2.18. The summed E-state index contributed by atoms with van der Waals surface area (Å²) in [6.07, 6.45) is 0. The molecule has 21 heavy (non-hydrogen) atoms. The first-order valence-electron chi connectivity index (χ1n) is 6.86. The van der Waals surface area contributed by atoms with Crippen LogP contribution in [0.15, 0.2) is 54.6 Å². The lowest BCUT2D eigenvalue weighted by Crippen LogP contribution is -2.48. The van der Waals surface area contributed by atoms with Crippen LogP contribution in [0.5, 0.6) is 11.5 Å². The average Bonchev–Trinajstić information content (AvgIpc) is 2.58. The first-order valence-corrected chi connectivity index (χ1v) is 6.86. The molecule has 1 unspecified atom stereocenters. The first kappa shape index (κ1) is 15.4. The fourth-order valence-corrected chi connectivity index (χ4v) is 2.15. The van der Waals surface area contributed by atoms with E-state index in [2.05, 4.69) is 5.32 Å². The number of ether oxygens (including phenoxy) is 2. The number of rotatable bonds is 7. The van der Waals surface area contributed by atoms with Crippen molar-refractivity contribution in [2.75, 3.05) is 27.4 Å². The molecular weight excluding hydrogens is 266 g/mol. The van der Waals surface area contributed by atoms with Crippen molar-refractivity contribution in [2.45, 2.75) is 5.54 Å². The molecule has 0 aliphatic carbocycles. The van der Waals surface area contributed by atoms with Crippen molar-refractivity contribution in [2.24, 2.45) is 0 Å². The number of hydrogen-bond donors (Lipinski definition) is 2. The van der Waals surface area contributed by atoms with Crippen molar-refractivity contribution >= 4 is 0 Å². The Morgan fingerprint density at radius 2 is 1.62 bits per heavy atom. The fraction of sp³-hybridized carbons (Fsp3) is 0.294. The Labute approximate surface area is 125 Å². The Balaban J connectivity index is 2.13. The molecule has 4 nitrogen and oxygen atoms in total. The number of aliphatic hydroxyl groups is 1. The molecular formula is C17H21NO3. The van der Waals surface area contributed by atoms with Crippen LogP contribution in [0.25, 0.3) is 0 Å². The third-order valence-corrected chi connectivity index (χ3v) is 3.62. The van der Waals surface area contributed by atoms with Crippen molar-refractivity contribution in [3.8, 4) is 11.5 Å². The third kappa shape index (κ3) is 3.54. The predicted molar refractivity (Wildman–Crippen MR) is 82.8 cm³/mol. The van der Waals surface area contributed by atoms with Gasteiger partial charge >= 0.3 is 0 Å². The normalized spacial score (nSPS) is 13.5. The molecule has 2 aromatic carbocycles. The van der Waals surface area contributed by atoms with Gasteiger partial charge in [0.2, 0.25) is 0 Å². The van der Waals surface area contributed by atoms with E-state index in [9.17, 15) is 5.11 Å². The molecule has 0 aliphatic heterocycles. The van der Waals surface area contributed by atoms with Crippen molar-refractivity contribution in [3.63, 3.8) is 0 Å². The number of aliphatic hydroxyl groups excluding tert-OH is 1. The number of likely N-dealkylation sites (N-methyl/N-ethyl adjacent to an activating group) is 1. The topological polar surface area (TPSA) is 50.7 Å². The van der Waals surface area contributed by atoms with Crippen LogP contribution in [0.1, 0.15) is 5.56 Å². The van der Waals surface area contributed by atoms with Gasteiger partial charge in [-0.3, -0.25) is 0 Å². The summed E-state index contributed by atoms with van der Waals surface area (Å²) >= 11 is 0. The highest BCUT2D eigenvalue weighted by atomic mass is 16.5. The molecule has 0 amide bonds. The SMILES string of the molecule is CNC(CO)(COc1ccc(OC)cc1)c1ccccc1. The van der Waals surface area contributed by atoms with Gasteiger partial charge in [-0.2, -0.15) is 0 Å². The molecule has 0 heterocycles. The molecule has 0 aromatic heterocycles. The third-order valence-electron chi connectivity index (χ3n) is 3.62. The lowest BCUT2D eigenvalue weighted by Gasteiger charge is -2.32. The van der Waals surface area contributed by atoms with Crippen LogP contribution in [0.4, 0.5) is 0 Å². The van der Waals surface area contributed by atoms with Crippen molar-refractivity contribution in [3.05, 3.63) is 60.2 Å². The van der Waals surface area contributed by atoms with Gasteiger partial charge in [0.1, 0.15) is 23.6 Å². The number of methoxy groups -OCH3 is 1. The van der Waals surface area contributed by atoms with Gasteiger partial charge in [0, 0.05) is 0 Å². The second-order valence-corrected chi connectivity index (χ2v) is 4.82.